The second-order valence-corrected chi connectivity index (χ2v) is 9.38. The molecule has 0 unspecified atom stereocenters. The second kappa shape index (κ2) is 8.92. The molecule has 29 heavy (non-hydrogen) atoms. The highest BCUT2D eigenvalue weighted by Gasteiger charge is 2.32. The lowest BCUT2D eigenvalue weighted by atomic mass is 9.97. The van der Waals surface area contributed by atoms with Crippen LogP contribution in [0.1, 0.15) is 26.7 Å². The van der Waals surface area contributed by atoms with Crippen molar-refractivity contribution >= 4 is 32.7 Å². The molecule has 2 aromatic rings. The van der Waals surface area contributed by atoms with Crippen molar-refractivity contribution in [2.24, 2.45) is 5.92 Å². The maximum absolute atomic E-state index is 13.0. The van der Waals surface area contributed by atoms with Gasteiger partial charge in [0.1, 0.15) is 6.54 Å². The largest absolute Gasteiger partial charge is 0.462 e. The molecule has 1 amide bonds. The van der Waals surface area contributed by atoms with E-state index in [1.165, 1.54) is 4.31 Å². The van der Waals surface area contributed by atoms with Crippen LogP contribution in [0, 0.1) is 5.92 Å². The Kier molecular flexibility index (Phi) is 6.54. The Morgan fingerprint density at radius 2 is 1.76 bits per heavy atom. The van der Waals surface area contributed by atoms with Crippen molar-refractivity contribution in [2.45, 2.75) is 37.7 Å². The van der Waals surface area contributed by atoms with Crippen LogP contribution in [0.4, 0.5) is 0 Å². The molecule has 2 aromatic carbocycles. The summed E-state index contributed by atoms with van der Waals surface area (Å²) in [5.74, 6) is -1.04. The van der Waals surface area contributed by atoms with E-state index < -0.39 is 16.0 Å². The van der Waals surface area contributed by atoms with Crippen LogP contribution in [0.25, 0.3) is 10.8 Å². The van der Waals surface area contributed by atoms with Gasteiger partial charge in [0.2, 0.25) is 15.9 Å². The number of nitrogens with one attached hydrogen (secondary N) is 1. The van der Waals surface area contributed by atoms with E-state index in [9.17, 15) is 18.0 Å². The Morgan fingerprint density at radius 1 is 1.10 bits per heavy atom. The predicted molar refractivity (Wildman–Crippen MR) is 110 cm³/mol. The van der Waals surface area contributed by atoms with Gasteiger partial charge >= 0.3 is 5.97 Å². The van der Waals surface area contributed by atoms with E-state index in [0.717, 1.165) is 10.8 Å². The number of hydrogen-bond acceptors (Lipinski definition) is 5. The van der Waals surface area contributed by atoms with Crippen LogP contribution in [0.3, 0.4) is 0 Å². The highest BCUT2D eigenvalue weighted by molar-refractivity contribution is 7.89. The van der Waals surface area contributed by atoms with Crippen LogP contribution in [-0.4, -0.2) is 50.3 Å². The lowest BCUT2D eigenvalue weighted by Gasteiger charge is -2.30. The summed E-state index contributed by atoms with van der Waals surface area (Å²) in [4.78, 5) is 24.1. The van der Waals surface area contributed by atoms with E-state index in [-0.39, 0.29) is 42.5 Å². The SMILES string of the molecule is CC(C)OC(=O)CNC(=O)C1CCN(S(=O)(=O)c2ccc3ccccc3c2)CC1. The monoisotopic (exact) mass is 418 g/mol. The van der Waals surface area contributed by atoms with Gasteiger partial charge in [-0.05, 0) is 49.6 Å². The van der Waals surface area contributed by atoms with Gasteiger partial charge in [0.15, 0.2) is 0 Å². The molecule has 0 atom stereocenters. The Balaban J connectivity index is 1.59. The van der Waals surface area contributed by atoms with E-state index in [1.54, 1.807) is 32.0 Å². The Labute approximate surface area is 171 Å². The molecule has 1 N–H and O–H groups in total. The normalized spacial score (nSPS) is 16.1. The third kappa shape index (κ3) is 5.13. The summed E-state index contributed by atoms with van der Waals surface area (Å²) in [6.45, 7) is 3.84. The van der Waals surface area contributed by atoms with Crippen LogP contribution in [-0.2, 0) is 24.3 Å². The van der Waals surface area contributed by atoms with Gasteiger partial charge in [-0.2, -0.15) is 4.31 Å². The molecule has 0 saturated carbocycles. The number of esters is 1. The van der Waals surface area contributed by atoms with E-state index in [2.05, 4.69) is 5.32 Å². The third-order valence-electron chi connectivity index (χ3n) is 4.96. The smallest absolute Gasteiger partial charge is 0.325 e. The van der Waals surface area contributed by atoms with Gasteiger partial charge in [-0.3, -0.25) is 9.59 Å². The minimum absolute atomic E-state index is 0.174. The zero-order chi connectivity index (χ0) is 21.0. The zero-order valence-corrected chi connectivity index (χ0v) is 17.4. The standard InChI is InChI=1S/C21H26N2O5S/c1-15(2)28-20(24)14-22-21(25)17-9-11-23(12-10-17)29(26,27)19-8-7-16-5-3-4-6-18(16)13-19/h3-8,13,15,17H,9-12,14H2,1-2H3,(H,22,25). The second-order valence-electron chi connectivity index (χ2n) is 7.44. The number of nitrogens with zero attached hydrogens (tertiary/aromatic N) is 1. The van der Waals surface area contributed by atoms with E-state index in [1.807, 2.05) is 24.3 Å². The van der Waals surface area contributed by atoms with Gasteiger partial charge in [0, 0.05) is 19.0 Å². The van der Waals surface area contributed by atoms with Crippen LogP contribution < -0.4 is 5.32 Å². The van der Waals surface area contributed by atoms with Gasteiger partial charge in [-0.1, -0.05) is 30.3 Å². The van der Waals surface area contributed by atoms with Gasteiger partial charge in [0.25, 0.3) is 0 Å². The summed E-state index contributed by atoms with van der Waals surface area (Å²) in [6, 6.07) is 12.7. The molecule has 8 heteroatoms. The van der Waals surface area contributed by atoms with E-state index >= 15 is 0 Å². The number of ether oxygens (including phenoxy) is 1. The molecule has 1 saturated heterocycles. The van der Waals surface area contributed by atoms with Crippen molar-refractivity contribution in [1.82, 2.24) is 9.62 Å². The zero-order valence-electron chi connectivity index (χ0n) is 16.6. The number of benzene rings is 2. The molecular formula is C21H26N2O5S. The molecule has 1 fully saturated rings. The topological polar surface area (TPSA) is 92.8 Å². The van der Waals surface area contributed by atoms with Crippen molar-refractivity contribution in [3.63, 3.8) is 0 Å². The van der Waals surface area contributed by atoms with Crippen molar-refractivity contribution in [1.29, 1.82) is 0 Å². The maximum Gasteiger partial charge on any atom is 0.325 e. The van der Waals surface area contributed by atoms with Crippen LogP contribution in [0.15, 0.2) is 47.4 Å². The molecular weight excluding hydrogens is 392 g/mol. The van der Waals surface area contributed by atoms with Crippen LogP contribution in [0.5, 0.6) is 0 Å². The van der Waals surface area contributed by atoms with Gasteiger partial charge in [0.05, 0.1) is 11.0 Å². The van der Waals surface area contributed by atoms with Gasteiger partial charge in [-0.25, -0.2) is 8.42 Å². The van der Waals surface area contributed by atoms with Crippen molar-refractivity contribution in [3.8, 4) is 0 Å². The fourth-order valence-corrected chi connectivity index (χ4v) is 4.95. The maximum atomic E-state index is 13.0. The number of carbonyl (C=O) groups excluding carboxylic acids is 2. The number of carbonyl (C=O) groups is 2. The minimum Gasteiger partial charge on any atom is -0.462 e. The fraction of sp³-hybridized carbons (Fsp3) is 0.429. The Hall–Kier alpha value is -2.45. The molecule has 7 nitrogen and oxygen atoms in total. The van der Waals surface area contributed by atoms with E-state index in [4.69, 9.17) is 4.74 Å². The van der Waals surface area contributed by atoms with Crippen molar-refractivity contribution in [2.75, 3.05) is 19.6 Å². The highest BCUT2D eigenvalue weighted by Crippen LogP contribution is 2.26. The van der Waals surface area contributed by atoms with E-state index in [0.29, 0.717) is 12.8 Å². The average Bonchev–Trinajstić information content (AvgIpc) is 2.71. The molecule has 1 aliphatic heterocycles. The summed E-state index contributed by atoms with van der Waals surface area (Å²) < 4.78 is 32.4. The molecule has 0 radical (unpaired) electrons. The first-order valence-corrected chi connectivity index (χ1v) is 11.2. The predicted octanol–water partition coefficient (Wildman–Crippen LogP) is 2.31. The molecule has 0 spiro atoms. The summed E-state index contributed by atoms with van der Waals surface area (Å²) in [6.07, 6.45) is 0.596. The molecule has 3 rings (SSSR count). The molecule has 0 bridgehead atoms. The first kappa shape index (κ1) is 21.3. The fourth-order valence-electron chi connectivity index (χ4n) is 3.44. The Bertz CT molecular complexity index is 995. The first-order chi connectivity index (χ1) is 13.8. The third-order valence-corrected chi connectivity index (χ3v) is 6.85. The number of amides is 1. The molecule has 156 valence electrons. The lowest BCUT2D eigenvalue weighted by Crippen LogP contribution is -2.44. The molecule has 1 heterocycles. The number of fused-ring (bicyclic) bond motifs is 1. The quantitative estimate of drug-likeness (QED) is 0.727. The average molecular weight is 419 g/mol. The molecule has 0 aliphatic carbocycles. The number of rotatable bonds is 6. The summed E-state index contributed by atoms with van der Waals surface area (Å²) in [5, 5.41) is 4.44. The lowest BCUT2D eigenvalue weighted by molar-refractivity contribution is -0.147. The van der Waals surface area contributed by atoms with Crippen molar-refractivity contribution in [3.05, 3.63) is 42.5 Å². The van der Waals surface area contributed by atoms with Gasteiger partial charge in [-0.15, -0.1) is 0 Å². The number of piperidine rings is 1. The minimum atomic E-state index is -3.61. The molecule has 0 aromatic heterocycles. The van der Waals surface area contributed by atoms with Crippen LogP contribution in [0.2, 0.25) is 0 Å². The van der Waals surface area contributed by atoms with Crippen LogP contribution >= 0.6 is 0 Å². The molecule has 1 aliphatic rings. The summed E-state index contributed by atoms with van der Waals surface area (Å²) in [7, 11) is -3.61. The first-order valence-electron chi connectivity index (χ1n) is 9.73. The van der Waals surface area contributed by atoms with Crippen molar-refractivity contribution < 1.29 is 22.7 Å². The van der Waals surface area contributed by atoms with Gasteiger partial charge < -0.3 is 10.1 Å². The summed E-state index contributed by atoms with van der Waals surface area (Å²) >= 11 is 0. The number of hydrogen-bond donors (Lipinski definition) is 1. The summed E-state index contributed by atoms with van der Waals surface area (Å²) in [5.41, 5.74) is 0. The Morgan fingerprint density at radius 3 is 2.41 bits per heavy atom. The number of sulfonamides is 1. The highest BCUT2D eigenvalue weighted by atomic mass is 32.2.